The number of hydrogen-bond acceptors (Lipinski definition) is 3. The van der Waals surface area contributed by atoms with Crippen molar-refractivity contribution in [2.24, 2.45) is 4.99 Å². The molecule has 1 atom stereocenters. The van der Waals surface area contributed by atoms with Crippen molar-refractivity contribution >= 4 is 41.3 Å². The molecular formula is C17H25IN4S. The number of nitrogens with one attached hydrogen (secondary N) is 2. The molecule has 1 unspecified atom stereocenters. The fourth-order valence-electron chi connectivity index (χ4n) is 2.10. The first-order chi connectivity index (χ1) is 10.7. The molecule has 0 saturated carbocycles. The molecule has 0 spiro atoms. The minimum Gasteiger partial charge on any atom is -0.357 e. The second kappa shape index (κ2) is 10.6. The van der Waals surface area contributed by atoms with Gasteiger partial charge in [-0.1, -0.05) is 19.1 Å². The van der Waals surface area contributed by atoms with Crippen LogP contribution in [-0.2, 0) is 6.54 Å². The summed E-state index contributed by atoms with van der Waals surface area (Å²) in [6.45, 7) is 8.68. The smallest absolute Gasteiger partial charge is 0.191 e. The van der Waals surface area contributed by atoms with Gasteiger partial charge < -0.3 is 10.6 Å². The van der Waals surface area contributed by atoms with E-state index in [0.717, 1.165) is 24.7 Å². The van der Waals surface area contributed by atoms with Crippen LogP contribution >= 0.6 is 35.3 Å². The van der Waals surface area contributed by atoms with E-state index < -0.39 is 0 Å². The topological polar surface area (TPSA) is 49.3 Å². The van der Waals surface area contributed by atoms with E-state index in [9.17, 15) is 0 Å². The molecule has 2 aromatic heterocycles. The number of halogens is 1. The van der Waals surface area contributed by atoms with E-state index in [0.29, 0.717) is 12.5 Å². The third kappa shape index (κ3) is 6.47. The van der Waals surface area contributed by atoms with Gasteiger partial charge in [0.25, 0.3) is 0 Å². The number of guanidine groups is 1. The minimum absolute atomic E-state index is 0. The van der Waals surface area contributed by atoms with Crippen LogP contribution in [0.4, 0.5) is 0 Å². The molecule has 0 amide bonds. The van der Waals surface area contributed by atoms with Gasteiger partial charge in [0.1, 0.15) is 0 Å². The minimum atomic E-state index is 0. The lowest BCUT2D eigenvalue weighted by Crippen LogP contribution is -2.39. The predicted molar refractivity (Wildman–Crippen MR) is 110 cm³/mol. The van der Waals surface area contributed by atoms with Crippen LogP contribution in [0.5, 0.6) is 0 Å². The normalized spacial score (nSPS) is 12.4. The van der Waals surface area contributed by atoms with E-state index in [-0.39, 0.29) is 24.0 Å². The molecule has 126 valence electrons. The third-order valence-electron chi connectivity index (χ3n) is 3.45. The Morgan fingerprint density at radius 3 is 2.78 bits per heavy atom. The molecule has 2 N–H and O–H groups in total. The second-order valence-electron chi connectivity index (χ2n) is 5.26. The number of hydrogen-bond donors (Lipinski definition) is 2. The molecule has 2 rings (SSSR count). The molecule has 0 aliphatic heterocycles. The molecule has 4 nitrogen and oxygen atoms in total. The van der Waals surface area contributed by atoms with Gasteiger partial charge in [-0.25, -0.2) is 4.99 Å². The van der Waals surface area contributed by atoms with Crippen LogP contribution in [0.2, 0.25) is 0 Å². The van der Waals surface area contributed by atoms with Gasteiger partial charge >= 0.3 is 0 Å². The van der Waals surface area contributed by atoms with E-state index >= 15 is 0 Å². The Balaban J connectivity index is 0.00000264. The Morgan fingerprint density at radius 1 is 1.30 bits per heavy atom. The molecule has 2 aromatic rings. The van der Waals surface area contributed by atoms with Crippen LogP contribution in [-0.4, -0.2) is 24.0 Å². The number of nitrogens with zero attached hydrogens (tertiary/aromatic N) is 2. The summed E-state index contributed by atoms with van der Waals surface area (Å²) >= 11 is 1.80. The Morgan fingerprint density at radius 2 is 2.13 bits per heavy atom. The lowest BCUT2D eigenvalue weighted by molar-refractivity contribution is 0.708. The molecule has 0 fully saturated rings. The molecule has 0 aliphatic rings. The summed E-state index contributed by atoms with van der Waals surface area (Å²) in [6.07, 6.45) is 1.82. The summed E-state index contributed by atoms with van der Waals surface area (Å²) in [5, 5.41) is 8.82. The lowest BCUT2D eigenvalue weighted by atomic mass is 10.1. The first-order valence-corrected chi connectivity index (χ1v) is 8.54. The van der Waals surface area contributed by atoms with Gasteiger partial charge in [0, 0.05) is 30.1 Å². The van der Waals surface area contributed by atoms with Crippen molar-refractivity contribution in [2.45, 2.75) is 33.2 Å². The Labute approximate surface area is 159 Å². The zero-order chi connectivity index (χ0) is 15.8. The van der Waals surface area contributed by atoms with Crippen molar-refractivity contribution in [3.63, 3.8) is 0 Å². The van der Waals surface area contributed by atoms with E-state index in [1.807, 2.05) is 12.3 Å². The maximum absolute atomic E-state index is 4.63. The molecule has 0 aliphatic carbocycles. The van der Waals surface area contributed by atoms with Crippen molar-refractivity contribution in [3.05, 3.63) is 52.0 Å². The van der Waals surface area contributed by atoms with Gasteiger partial charge in [-0.05, 0) is 36.9 Å². The summed E-state index contributed by atoms with van der Waals surface area (Å²) in [6, 6.07) is 8.30. The van der Waals surface area contributed by atoms with Gasteiger partial charge in [0.2, 0.25) is 0 Å². The molecule has 2 heterocycles. The van der Waals surface area contributed by atoms with Crippen molar-refractivity contribution in [2.75, 3.05) is 13.1 Å². The Kier molecular flexibility index (Phi) is 9.16. The molecule has 0 saturated heterocycles. The average Bonchev–Trinajstić information content (AvgIpc) is 3.05. The maximum Gasteiger partial charge on any atom is 0.191 e. The first-order valence-electron chi connectivity index (χ1n) is 7.66. The number of aliphatic imine (C=N–C) groups is 1. The highest BCUT2D eigenvalue weighted by Crippen LogP contribution is 2.19. The van der Waals surface area contributed by atoms with Crippen LogP contribution < -0.4 is 10.6 Å². The molecule has 0 aromatic carbocycles. The van der Waals surface area contributed by atoms with Crippen molar-refractivity contribution in [1.82, 2.24) is 15.6 Å². The van der Waals surface area contributed by atoms with Crippen molar-refractivity contribution in [3.8, 4) is 0 Å². The number of rotatable bonds is 6. The standard InChI is InChI=1S/C17H24N4S.HI/c1-4-18-17(20-11-14(3)16-8-6-10-22-16)21-12-15-13(2)7-5-9-19-15;/h5-10,14H,4,11-12H2,1-3H3,(H2,18,20,21);1H. The van der Waals surface area contributed by atoms with Gasteiger partial charge in [-0.3, -0.25) is 4.98 Å². The predicted octanol–water partition coefficient (Wildman–Crippen LogP) is 3.93. The first kappa shape index (κ1) is 19.9. The summed E-state index contributed by atoms with van der Waals surface area (Å²) in [5.41, 5.74) is 2.19. The molecule has 0 bridgehead atoms. The Hall–Kier alpha value is -1.15. The molecule has 6 heteroatoms. The fourth-order valence-corrected chi connectivity index (χ4v) is 2.89. The summed E-state index contributed by atoms with van der Waals surface area (Å²) < 4.78 is 0. The van der Waals surface area contributed by atoms with Gasteiger partial charge in [0.15, 0.2) is 5.96 Å². The zero-order valence-corrected chi connectivity index (χ0v) is 17.0. The van der Waals surface area contributed by atoms with E-state index in [1.165, 1.54) is 10.4 Å². The molecule has 0 radical (unpaired) electrons. The van der Waals surface area contributed by atoms with Crippen molar-refractivity contribution < 1.29 is 0 Å². The van der Waals surface area contributed by atoms with Crippen LogP contribution in [0, 0.1) is 6.92 Å². The zero-order valence-electron chi connectivity index (χ0n) is 13.9. The maximum atomic E-state index is 4.63. The second-order valence-corrected chi connectivity index (χ2v) is 6.24. The highest BCUT2D eigenvalue weighted by molar-refractivity contribution is 14.0. The van der Waals surface area contributed by atoms with E-state index in [4.69, 9.17) is 0 Å². The lowest BCUT2D eigenvalue weighted by Gasteiger charge is -2.15. The largest absolute Gasteiger partial charge is 0.357 e. The quantitative estimate of drug-likeness (QED) is 0.403. The van der Waals surface area contributed by atoms with Crippen LogP contribution in [0.3, 0.4) is 0 Å². The summed E-state index contributed by atoms with van der Waals surface area (Å²) in [5.74, 6) is 1.32. The van der Waals surface area contributed by atoms with Crippen LogP contribution in [0.25, 0.3) is 0 Å². The molecule has 23 heavy (non-hydrogen) atoms. The monoisotopic (exact) mass is 444 g/mol. The molecular weight excluding hydrogens is 419 g/mol. The highest BCUT2D eigenvalue weighted by Gasteiger charge is 2.07. The summed E-state index contributed by atoms with van der Waals surface area (Å²) in [7, 11) is 0. The van der Waals surface area contributed by atoms with Crippen molar-refractivity contribution in [1.29, 1.82) is 0 Å². The van der Waals surface area contributed by atoms with Crippen LogP contribution in [0.1, 0.15) is 35.9 Å². The third-order valence-corrected chi connectivity index (χ3v) is 4.56. The van der Waals surface area contributed by atoms with E-state index in [2.05, 4.69) is 65.0 Å². The fraction of sp³-hybridized carbons (Fsp3) is 0.412. The van der Waals surface area contributed by atoms with Gasteiger partial charge in [-0.15, -0.1) is 35.3 Å². The Bertz CT molecular complexity index is 598. The van der Waals surface area contributed by atoms with Gasteiger partial charge in [-0.2, -0.15) is 0 Å². The number of pyridine rings is 1. The van der Waals surface area contributed by atoms with Gasteiger partial charge in [0.05, 0.1) is 12.2 Å². The van der Waals surface area contributed by atoms with E-state index in [1.54, 1.807) is 11.3 Å². The number of thiophene rings is 1. The average molecular weight is 444 g/mol. The number of aryl methyl sites for hydroxylation is 1. The summed E-state index contributed by atoms with van der Waals surface area (Å²) in [4.78, 5) is 10.4. The number of aromatic nitrogens is 1. The SMILES string of the molecule is CCNC(=NCc1ncccc1C)NCC(C)c1cccs1.I. The highest BCUT2D eigenvalue weighted by atomic mass is 127. The van der Waals surface area contributed by atoms with Crippen LogP contribution in [0.15, 0.2) is 40.8 Å².